The van der Waals surface area contributed by atoms with Gasteiger partial charge in [-0.15, -0.1) is 34.2 Å². The molecule has 1 saturated carbocycles. The van der Waals surface area contributed by atoms with Gasteiger partial charge in [-0.25, -0.2) is 0 Å². The SMILES string of the molecule is CCNC(=NCCn1cnnc1CC)NC1CC(OCC)C1(CC)CC.I. The van der Waals surface area contributed by atoms with Crippen LogP contribution in [0.5, 0.6) is 0 Å². The van der Waals surface area contributed by atoms with Crippen LogP contribution in [0.2, 0.25) is 0 Å². The van der Waals surface area contributed by atoms with E-state index in [-0.39, 0.29) is 29.4 Å². The molecular formula is C19H37IN6O. The van der Waals surface area contributed by atoms with E-state index in [9.17, 15) is 0 Å². The highest BCUT2D eigenvalue weighted by molar-refractivity contribution is 14.0. The summed E-state index contributed by atoms with van der Waals surface area (Å²) in [5.74, 6) is 1.90. The molecule has 0 radical (unpaired) electrons. The summed E-state index contributed by atoms with van der Waals surface area (Å²) in [7, 11) is 0. The van der Waals surface area contributed by atoms with Crippen LogP contribution >= 0.6 is 24.0 Å². The minimum atomic E-state index is 0. The average molecular weight is 492 g/mol. The van der Waals surface area contributed by atoms with Gasteiger partial charge in [-0.2, -0.15) is 0 Å². The minimum Gasteiger partial charge on any atom is -0.378 e. The topological polar surface area (TPSA) is 76.4 Å². The summed E-state index contributed by atoms with van der Waals surface area (Å²) in [4.78, 5) is 4.77. The van der Waals surface area contributed by atoms with Crippen molar-refractivity contribution in [3.8, 4) is 0 Å². The molecule has 27 heavy (non-hydrogen) atoms. The zero-order valence-electron chi connectivity index (χ0n) is 17.5. The first-order valence-corrected chi connectivity index (χ1v) is 10.2. The van der Waals surface area contributed by atoms with Gasteiger partial charge in [0.25, 0.3) is 0 Å². The summed E-state index contributed by atoms with van der Waals surface area (Å²) in [5, 5.41) is 15.2. The summed E-state index contributed by atoms with van der Waals surface area (Å²) in [5.41, 5.74) is 0.204. The molecule has 2 atom stereocenters. The molecule has 0 amide bonds. The second-order valence-electron chi connectivity index (χ2n) is 6.87. The molecule has 1 heterocycles. The van der Waals surface area contributed by atoms with Crippen molar-refractivity contribution >= 4 is 29.9 Å². The van der Waals surface area contributed by atoms with E-state index in [2.05, 4.69) is 60.0 Å². The Morgan fingerprint density at radius 2 is 2.04 bits per heavy atom. The Morgan fingerprint density at radius 3 is 2.63 bits per heavy atom. The molecule has 2 N–H and O–H groups in total. The number of aliphatic imine (C=N–C) groups is 1. The third kappa shape index (κ3) is 5.56. The van der Waals surface area contributed by atoms with Gasteiger partial charge in [0, 0.05) is 37.6 Å². The van der Waals surface area contributed by atoms with Crippen molar-refractivity contribution in [1.82, 2.24) is 25.4 Å². The zero-order chi connectivity index (χ0) is 19.0. The normalized spacial score (nSPS) is 21.3. The fourth-order valence-corrected chi connectivity index (χ4v) is 4.08. The van der Waals surface area contributed by atoms with E-state index in [1.807, 2.05) is 0 Å². The van der Waals surface area contributed by atoms with Crippen LogP contribution in [0.4, 0.5) is 0 Å². The molecule has 7 nitrogen and oxygen atoms in total. The number of halogens is 1. The van der Waals surface area contributed by atoms with Crippen molar-refractivity contribution in [1.29, 1.82) is 0 Å². The lowest BCUT2D eigenvalue weighted by molar-refractivity contribution is -0.133. The number of guanidine groups is 1. The Morgan fingerprint density at radius 1 is 1.30 bits per heavy atom. The maximum atomic E-state index is 5.99. The van der Waals surface area contributed by atoms with Crippen molar-refractivity contribution < 1.29 is 4.74 Å². The molecule has 1 aromatic rings. The Hall–Kier alpha value is -0.900. The molecule has 0 aliphatic heterocycles. The molecule has 0 bridgehead atoms. The third-order valence-electron chi connectivity index (χ3n) is 5.75. The number of aryl methyl sites for hydroxylation is 1. The van der Waals surface area contributed by atoms with Crippen molar-refractivity contribution in [3.63, 3.8) is 0 Å². The van der Waals surface area contributed by atoms with Gasteiger partial charge < -0.3 is 19.9 Å². The quantitative estimate of drug-likeness (QED) is 0.299. The molecular weight excluding hydrogens is 455 g/mol. The standard InChI is InChI=1S/C19H36N6O.HI/c1-6-17-24-22-14-25(17)12-11-21-18(20-9-4)23-15-13-16(26-10-5)19(15,7-2)8-3;/h14-16H,6-13H2,1-5H3,(H2,20,21,23);1H. The van der Waals surface area contributed by atoms with Crippen molar-refractivity contribution in [2.45, 2.75) is 79.0 Å². The molecule has 1 aromatic heterocycles. The largest absolute Gasteiger partial charge is 0.378 e. The van der Waals surface area contributed by atoms with Crippen LogP contribution in [-0.4, -0.2) is 52.6 Å². The highest BCUT2D eigenvalue weighted by atomic mass is 127. The van der Waals surface area contributed by atoms with Crippen LogP contribution in [-0.2, 0) is 17.7 Å². The highest BCUT2D eigenvalue weighted by Gasteiger charge is 2.53. The van der Waals surface area contributed by atoms with E-state index in [1.165, 1.54) is 0 Å². The Bertz CT molecular complexity index is 572. The highest BCUT2D eigenvalue weighted by Crippen LogP contribution is 2.48. The van der Waals surface area contributed by atoms with Gasteiger partial charge in [0.15, 0.2) is 5.96 Å². The van der Waals surface area contributed by atoms with Gasteiger partial charge in [-0.05, 0) is 33.1 Å². The van der Waals surface area contributed by atoms with Crippen molar-refractivity contribution in [2.75, 3.05) is 19.7 Å². The van der Waals surface area contributed by atoms with Crippen LogP contribution in [0, 0.1) is 5.41 Å². The van der Waals surface area contributed by atoms with Crippen molar-refractivity contribution in [2.24, 2.45) is 10.4 Å². The van der Waals surface area contributed by atoms with E-state index in [1.54, 1.807) is 6.33 Å². The minimum absolute atomic E-state index is 0. The molecule has 156 valence electrons. The summed E-state index contributed by atoms with van der Waals surface area (Å²) in [6.07, 6.45) is 6.31. The fraction of sp³-hybridized carbons (Fsp3) is 0.842. The predicted octanol–water partition coefficient (Wildman–Crippen LogP) is 3.00. The first-order chi connectivity index (χ1) is 12.6. The molecule has 2 rings (SSSR count). The summed E-state index contributed by atoms with van der Waals surface area (Å²) >= 11 is 0. The van der Waals surface area contributed by atoms with Gasteiger partial charge in [0.05, 0.1) is 12.6 Å². The van der Waals surface area contributed by atoms with E-state index in [0.717, 1.165) is 57.2 Å². The monoisotopic (exact) mass is 492 g/mol. The first-order valence-electron chi connectivity index (χ1n) is 10.2. The van der Waals surface area contributed by atoms with E-state index in [4.69, 9.17) is 9.73 Å². The second kappa shape index (κ2) is 11.8. The van der Waals surface area contributed by atoms with Gasteiger partial charge in [-0.3, -0.25) is 4.99 Å². The number of nitrogens with one attached hydrogen (secondary N) is 2. The Balaban J connectivity index is 0.00000364. The zero-order valence-corrected chi connectivity index (χ0v) is 19.8. The smallest absolute Gasteiger partial charge is 0.191 e. The lowest BCUT2D eigenvalue weighted by Gasteiger charge is -2.55. The van der Waals surface area contributed by atoms with Gasteiger partial charge in [-0.1, -0.05) is 20.8 Å². The third-order valence-corrected chi connectivity index (χ3v) is 5.75. The molecule has 0 saturated heterocycles. The molecule has 0 spiro atoms. The van der Waals surface area contributed by atoms with Crippen molar-refractivity contribution in [3.05, 3.63) is 12.2 Å². The summed E-state index contributed by atoms with van der Waals surface area (Å²) < 4.78 is 8.06. The van der Waals surface area contributed by atoms with Crippen LogP contribution in [0.15, 0.2) is 11.3 Å². The van der Waals surface area contributed by atoms with Crippen LogP contribution in [0.1, 0.15) is 59.7 Å². The molecule has 8 heteroatoms. The maximum absolute atomic E-state index is 5.99. The van der Waals surface area contributed by atoms with E-state index in [0.29, 0.717) is 18.7 Å². The van der Waals surface area contributed by atoms with E-state index < -0.39 is 0 Å². The number of hydrogen-bond acceptors (Lipinski definition) is 4. The van der Waals surface area contributed by atoms with Crippen LogP contribution in [0.25, 0.3) is 0 Å². The predicted molar refractivity (Wildman–Crippen MR) is 121 cm³/mol. The molecule has 1 aliphatic carbocycles. The molecule has 2 unspecified atom stereocenters. The van der Waals surface area contributed by atoms with Crippen LogP contribution in [0.3, 0.4) is 0 Å². The average Bonchev–Trinajstić information content (AvgIpc) is 3.09. The second-order valence-corrected chi connectivity index (χ2v) is 6.87. The molecule has 1 fully saturated rings. The lowest BCUT2D eigenvalue weighted by Crippen LogP contribution is -2.65. The number of rotatable bonds is 10. The number of hydrogen-bond donors (Lipinski definition) is 2. The summed E-state index contributed by atoms with van der Waals surface area (Å²) in [6.45, 7) is 13.9. The maximum Gasteiger partial charge on any atom is 0.191 e. The Labute approximate surface area is 181 Å². The van der Waals surface area contributed by atoms with Crippen LogP contribution < -0.4 is 10.6 Å². The number of nitrogens with zero attached hydrogens (tertiary/aromatic N) is 4. The first kappa shape index (κ1) is 24.1. The summed E-state index contributed by atoms with van der Waals surface area (Å²) in [6, 6.07) is 0.410. The molecule has 1 aliphatic rings. The van der Waals surface area contributed by atoms with Gasteiger partial charge in [0.1, 0.15) is 12.2 Å². The van der Waals surface area contributed by atoms with Gasteiger partial charge >= 0.3 is 0 Å². The Kier molecular flexibility index (Phi) is 10.6. The lowest BCUT2D eigenvalue weighted by atomic mass is 9.58. The fourth-order valence-electron chi connectivity index (χ4n) is 4.08. The number of aromatic nitrogens is 3. The molecule has 0 aromatic carbocycles. The van der Waals surface area contributed by atoms with E-state index >= 15 is 0 Å². The number of ether oxygens (including phenoxy) is 1. The van der Waals surface area contributed by atoms with Gasteiger partial charge in [0.2, 0.25) is 0 Å².